The first-order chi connectivity index (χ1) is 9.56. The Morgan fingerprint density at radius 3 is 2.85 bits per heavy atom. The summed E-state index contributed by atoms with van der Waals surface area (Å²) in [5, 5.41) is 6.61. The summed E-state index contributed by atoms with van der Waals surface area (Å²) in [5.41, 5.74) is 1.71. The quantitative estimate of drug-likeness (QED) is 0.886. The fourth-order valence-electron chi connectivity index (χ4n) is 1.85. The highest BCUT2D eigenvalue weighted by molar-refractivity contribution is 6.30. The Labute approximate surface area is 123 Å². The van der Waals surface area contributed by atoms with E-state index in [2.05, 4.69) is 10.6 Å². The Morgan fingerprint density at radius 1 is 1.40 bits per heavy atom. The lowest BCUT2D eigenvalue weighted by molar-refractivity contribution is -0.115. The molecule has 0 saturated carbocycles. The average Bonchev–Trinajstić information content (AvgIpc) is 2.93. The molecule has 0 aliphatic carbocycles. The number of aryl methyl sites for hydroxylation is 1. The van der Waals surface area contributed by atoms with Gasteiger partial charge in [-0.3, -0.25) is 10.1 Å². The minimum atomic E-state index is -0.103. The molecule has 1 aromatic heterocycles. The molecule has 0 aliphatic heterocycles. The van der Waals surface area contributed by atoms with Gasteiger partial charge in [0.2, 0.25) is 5.91 Å². The van der Waals surface area contributed by atoms with Crippen molar-refractivity contribution in [1.82, 2.24) is 5.32 Å². The van der Waals surface area contributed by atoms with Crippen LogP contribution in [0.4, 0.5) is 5.69 Å². The molecule has 4 nitrogen and oxygen atoms in total. The van der Waals surface area contributed by atoms with E-state index in [1.807, 2.05) is 32.0 Å². The zero-order valence-electron chi connectivity index (χ0n) is 11.4. The zero-order valence-corrected chi connectivity index (χ0v) is 12.2. The van der Waals surface area contributed by atoms with Crippen LogP contribution < -0.4 is 10.6 Å². The Morgan fingerprint density at radius 2 is 2.20 bits per heavy atom. The molecule has 106 valence electrons. The van der Waals surface area contributed by atoms with Crippen molar-refractivity contribution in [2.45, 2.75) is 19.9 Å². The van der Waals surface area contributed by atoms with Crippen molar-refractivity contribution >= 4 is 23.2 Å². The number of hydrogen-bond acceptors (Lipinski definition) is 3. The third kappa shape index (κ3) is 3.85. The lowest BCUT2D eigenvalue weighted by atomic mass is 10.2. The molecule has 1 heterocycles. The van der Waals surface area contributed by atoms with E-state index in [4.69, 9.17) is 16.0 Å². The predicted octanol–water partition coefficient (Wildman–Crippen LogP) is 3.53. The highest BCUT2D eigenvalue weighted by Crippen LogP contribution is 2.19. The van der Waals surface area contributed by atoms with E-state index in [0.717, 1.165) is 17.0 Å². The van der Waals surface area contributed by atoms with Crippen LogP contribution in [0, 0.1) is 6.92 Å². The average molecular weight is 293 g/mol. The molecule has 0 unspecified atom stereocenters. The van der Waals surface area contributed by atoms with E-state index in [0.29, 0.717) is 5.02 Å². The lowest BCUT2D eigenvalue weighted by Gasteiger charge is -2.12. The molecule has 1 atom stereocenters. The summed E-state index contributed by atoms with van der Waals surface area (Å²) in [7, 11) is 0. The molecule has 2 aromatic rings. The highest BCUT2D eigenvalue weighted by atomic mass is 35.5. The van der Waals surface area contributed by atoms with Crippen LogP contribution in [0.25, 0.3) is 0 Å². The van der Waals surface area contributed by atoms with Gasteiger partial charge in [-0.25, -0.2) is 0 Å². The van der Waals surface area contributed by atoms with Gasteiger partial charge in [0.05, 0.1) is 18.8 Å². The number of benzene rings is 1. The fraction of sp³-hybridized carbons (Fsp3) is 0.267. The van der Waals surface area contributed by atoms with Gasteiger partial charge < -0.3 is 9.73 Å². The standard InChI is InChI=1S/C15H17ClN2O2/c1-10-8-12(16)5-6-13(10)18-15(19)9-17-11(2)14-4-3-7-20-14/h3-8,11,17H,9H2,1-2H3,(H,18,19)/t11-/m1/s1. The number of halogens is 1. The monoisotopic (exact) mass is 292 g/mol. The molecule has 0 spiro atoms. The second-order valence-electron chi connectivity index (χ2n) is 4.63. The number of carbonyl (C=O) groups is 1. The number of hydrogen-bond donors (Lipinski definition) is 2. The summed E-state index contributed by atoms with van der Waals surface area (Å²) in [6.45, 7) is 4.06. The summed E-state index contributed by atoms with van der Waals surface area (Å²) in [6.07, 6.45) is 1.62. The maximum absolute atomic E-state index is 11.9. The fourth-order valence-corrected chi connectivity index (χ4v) is 2.07. The number of nitrogens with one attached hydrogen (secondary N) is 2. The second kappa shape index (κ2) is 6.59. The molecule has 1 aromatic carbocycles. The molecule has 5 heteroatoms. The summed E-state index contributed by atoms with van der Waals surface area (Å²) in [6, 6.07) is 9.05. The second-order valence-corrected chi connectivity index (χ2v) is 5.06. The molecule has 0 radical (unpaired) electrons. The van der Waals surface area contributed by atoms with Gasteiger partial charge in [-0.15, -0.1) is 0 Å². The first-order valence-electron chi connectivity index (χ1n) is 6.39. The first kappa shape index (κ1) is 14.6. The minimum absolute atomic E-state index is 0.0120. The van der Waals surface area contributed by atoms with E-state index in [-0.39, 0.29) is 18.5 Å². The largest absolute Gasteiger partial charge is 0.468 e. The molecule has 1 amide bonds. The van der Waals surface area contributed by atoms with Crippen LogP contribution >= 0.6 is 11.6 Å². The highest BCUT2D eigenvalue weighted by Gasteiger charge is 2.10. The van der Waals surface area contributed by atoms with Crippen LogP contribution in [0.3, 0.4) is 0 Å². The van der Waals surface area contributed by atoms with Gasteiger partial charge >= 0.3 is 0 Å². The molecule has 2 rings (SSSR count). The smallest absolute Gasteiger partial charge is 0.238 e. The molecule has 0 aliphatic rings. The molecule has 0 bridgehead atoms. The molecular weight excluding hydrogens is 276 g/mol. The Bertz CT molecular complexity index is 582. The maximum Gasteiger partial charge on any atom is 0.238 e. The molecule has 2 N–H and O–H groups in total. The van der Waals surface area contributed by atoms with Crippen molar-refractivity contribution in [3.8, 4) is 0 Å². The number of amides is 1. The number of carbonyl (C=O) groups excluding carboxylic acids is 1. The van der Waals surface area contributed by atoms with Gasteiger partial charge in [0.1, 0.15) is 5.76 Å². The number of anilines is 1. The van der Waals surface area contributed by atoms with E-state index in [1.54, 1.807) is 18.4 Å². The van der Waals surface area contributed by atoms with Crippen molar-refractivity contribution in [2.24, 2.45) is 0 Å². The Hall–Kier alpha value is -1.78. The van der Waals surface area contributed by atoms with E-state index < -0.39 is 0 Å². The van der Waals surface area contributed by atoms with Gasteiger partial charge in [0.15, 0.2) is 0 Å². The number of furan rings is 1. The molecule has 0 fully saturated rings. The van der Waals surface area contributed by atoms with Gasteiger partial charge in [-0.2, -0.15) is 0 Å². The normalized spacial score (nSPS) is 12.2. The third-order valence-corrected chi connectivity index (χ3v) is 3.24. The predicted molar refractivity (Wildman–Crippen MR) is 79.9 cm³/mol. The van der Waals surface area contributed by atoms with Crippen molar-refractivity contribution in [3.63, 3.8) is 0 Å². The minimum Gasteiger partial charge on any atom is -0.468 e. The molecular formula is C15H17ClN2O2. The number of rotatable bonds is 5. The maximum atomic E-state index is 11.9. The van der Waals surface area contributed by atoms with Crippen LogP contribution in [-0.4, -0.2) is 12.5 Å². The van der Waals surface area contributed by atoms with Crippen molar-refractivity contribution in [1.29, 1.82) is 0 Å². The summed E-state index contributed by atoms with van der Waals surface area (Å²) in [4.78, 5) is 11.9. The van der Waals surface area contributed by atoms with Gasteiger partial charge in [0, 0.05) is 10.7 Å². The van der Waals surface area contributed by atoms with Crippen molar-refractivity contribution in [3.05, 3.63) is 52.9 Å². The Balaban J connectivity index is 1.86. The van der Waals surface area contributed by atoms with E-state index in [9.17, 15) is 4.79 Å². The van der Waals surface area contributed by atoms with E-state index in [1.165, 1.54) is 0 Å². The summed E-state index contributed by atoms with van der Waals surface area (Å²) < 4.78 is 5.27. The van der Waals surface area contributed by atoms with Crippen LogP contribution in [0.15, 0.2) is 41.0 Å². The van der Waals surface area contributed by atoms with Gasteiger partial charge in [-0.1, -0.05) is 11.6 Å². The van der Waals surface area contributed by atoms with E-state index >= 15 is 0 Å². The zero-order chi connectivity index (χ0) is 14.5. The lowest BCUT2D eigenvalue weighted by Crippen LogP contribution is -2.30. The first-order valence-corrected chi connectivity index (χ1v) is 6.77. The summed E-state index contributed by atoms with van der Waals surface area (Å²) in [5.74, 6) is 0.703. The van der Waals surface area contributed by atoms with Crippen LogP contribution in [0.2, 0.25) is 5.02 Å². The van der Waals surface area contributed by atoms with Crippen LogP contribution in [0.1, 0.15) is 24.3 Å². The van der Waals surface area contributed by atoms with Crippen molar-refractivity contribution in [2.75, 3.05) is 11.9 Å². The van der Waals surface area contributed by atoms with Gasteiger partial charge in [-0.05, 0) is 49.7 Å². The SMILES string of the molecule is Cc1cc(Cl)ccc1NC(=O)CN[C@H](C)c1ccco1. The summed E-state index contributed by atoms with van der Waals surface area (Å²) >= 11 is 5.88. The van der Waals surface area contributed by atoms with Gasteiger partial charge in [0.25, 0.3) is 0 Å². The third-order valence-electron chi connectivity index (χ3n) is 3.00. The molecule has 0 saturated heterocycles. The van der Waals surface area contributed by atoms with Crippen LogP contribution in [-0.2, 0) is 4.79 Å². The molecule has 20 heavy (non-hydrogen) atoms. The van der Waals surface area contributed by atoms with Crippen LogP contribution in [0.5, 0.6) is 0 Å². The topological polar surface area (TPSA) is 54.3 Å². The Kier molecular flexibility index (Phi) is 4.82. The van der Waals surface area contributed by atoms with Crippen molar-refractivity contribution < 1.29 is 9.21 Å².